The van der Waals surface area contributed by atoms with Crippen molar-refractivity contribution in [2.45, 2.75) is 44.4 Å². The Hall–Kier alpha value is -1.17. The van der Waals surface area contributed by atoms with E-state index in [1.165, 1.54) is 12.1 Å². The molecule has 1 aromatic rings. The second kappa shape index (κ2) is 6.32. The van der Waals surface area contributed by atoms with Gasteiger partial charge in [0, 0.05) is 17.1 Å². The van der Waals surface area contributed by atoms with Crippen LogP contribution in [-0.4, -0.2) is 17.1 Å². The minimum Gasteiger partial charge on any atom is -0.372 e. The predicted molar refractivity (Wildman–Crippen MR) is 73.1 cm³/mol. The van der Waals surface area contributed by atoms with Crippen LogP contribution in [0.5, 0.6) is 0 Å². The Balaban J connectivity index is 2.05. The molecule has 6 heteroatoms. The highest BCUT2D eigenvalue weighted by Gasteiger charge is 2.23. The Morgan fingerprint density at radius 1 is 1.42 bits per heavy atom. The highest BCUT2D eigenvalue weighted by molar-refractivity contribution is 6.30. The van der Waals surface area contributed by atoms with Crippen LogP contribution in [0.15, 0.2) is 18.2 Å². The summed E-state index contributed by atoms with van der Waals surface area (Å²) in [4.78, 5) is 10.5. The van der Waals surface area contributed by atoms with Gasteiger partial charge in [0.1, 0.15) is 0 Å². The van der Waals surface area contributed by atoms with Gasteiger partial charge in [-0.25, -0.2) is 0 Å². The molecule has 1 saturated carbocycles. The van der Waals surface area contributed by atoms with Crippen molar-refractivity contribution in [2.75, 3.05) is 0 Å². The van der Waals surface area contributed by atoms with Crippen molar-refractivity contribution in [2.24, 2.45) is 5.73 Å². The summed E-state index contributed by atoms with van der Waals surface area (Å²) in [6.45, 7) is 0.176. The van der Waals surface area contributed by atoms with Crippen molar-refractivity contribution >= 4 is 17.3 Å². The summed E-state index contributed by atoms with van der Waals surface area (Å²) >= 11 is 5.87. The third-order valence-electron chi connectivity index (χ3n) is 3.44. The number of halogens is 1. The molecule has 104 valence electrons. The van der Waals surface area contributed by atoms with E-state index in [4.69, 9.17) is 22.1 Å². The SMILES string of the molecule is NC1CCCCC1OCc1cc(Cl)ccc1[N+](=O)[O-]. The van der Waals surface area contributed by atoms with Crippen LogP contribution in [0.2, 0.25) is 5.02 Å². The molecule has 2 unspecified atom stereocenters. The molecule has 0 saturated heterocycles. The standard InChI is InChI=1S/C13H17ClN2O3/c14-10-5-6-12(16(17)18)9(7-10)8-19-13-4-2-1-3-11(13)15/h5-7,11,13H,1-4,8,15H2. The molecule has 5 nitrogen and oxygen atoms in total. The largest absolute Gasteiger partial charge is 0.372 e. The average molecular weight is 285 g/mol. The van der Waals surface area contributed by atoms with E-state index in [1.807, 2.05) is 0 Å². The summed E-state index contributed by atoms with van der Waals surface area (Å²) in [5, 5.41) is 11.4. The fourth-order valence-electron chi connectivity index (χ4n) is 2.38. The van der Waals surface area contributed by atoms with Gasteiger partial charge in [0.2, 0.25) is 0 Å². The first-order chi connectivity index (χ1) is 9.08. The van der Waals surface area contributed by atoms with E-state index in [1.54, 1.807) is 6.07 Å². The summed E-state index contributed by atoms with van der Waals surface area (Å²) in [6.07, 6.45) is 4.05. The van der Waals surface area contributed by atoms with E-state index in [9.17, 15) is 10.1 Å². The molecule has 19 heavy (non-hydrogen) atoms. The number of hydrogen-bond acceptors (Lipinski definition) is 4. The Labute approximate surface area is 116 Å². The van der Waals surface area contributed by atoms with E-state index in [0.717, 1.165) is 25.7 Å². The van der Waals surface area contributed by atoms with Gasteiger partial charge in [0.05, 0.1) is 23.2 Å². The minimum atomic E-state index is -0.421. The van der Waals surface area contributed by atoms with Gasteiger partial charge in [-0.05, 0) is 25.0 Å². The third kappa shape index (κ3) is 3.65. The Kier molecular flexibility index (Phi) is 4.74. The highest BCUT2D eigenvalue weighted by atomic mass is 35.5. The molecule has 1 fully saturated rings. The van der Waals surface area contributed by atoms with Crippen LogP contribution >= 0.6 is 11.6 Å². The van der Waals surface area contributed by atoms with Crippen molar-refractivity contribution < 1.29 is 9.66 Å². The van der Waals surface area contributed by atoms with Gasteiger partial charge >= 0.3 is 0 Å². The lowest BCUT2D eigenvalue weighted by Crippen LogP contribution is -2.39. The minimum absolute atomic E-state index is 0.0204. The number of rotatable bonds is 4. The molecule has 2 N–H and O–H groups in total. The predicted octanol–water partition coefficient (Wildman–Crippen LogP) is 3.03. The second-order valence-electron chi connectivity index (χ2n) is 4.83. The van der Waals surface area contributed by atoms with Crippen molar-refractivity contribution in [1.82, 2.24) is 0 Å². The van der Waals surface area contributed by atoms with Gasteiger partial charge in [0.15, 0.2) is 0 Å². The zero-order valence-corrected chi connectivity index (χ0v) is 11.3. The number of nitrogens with zero attached hydrogens (tertiary/aromatic N) is 1. The number of ether oxygens (including phenoxy) is 1. The van der Waals surface area contributed by atoms with Gasteiger partial charge < -0.3 is 10.5 Å². The maximum atomic E-state index is 10.9. The van der Waals surface area contributed by atoms with Crippen molar-refractivity contribution in [3.05, 3.63) is 38.9 Å². The normalized spacial score (nSPS) is 23.3. The lowest BCUT2D eigenvalue weighted by atomic mass is 9.93. The van der Waals surface area contributed by atoms with Gasteiger partial charge in [-0.15, -0.1) is 0 Å². The fourth-order valence-corrected chi connectivity index (χ4v) is 2.57. The maximum absolute atomic E-state index is 10.9. The molecule has 0 amide bonds. The first kappa shape index (κ1) is 14.2. The lowest BCUT2D eigenvalue weighted by Gasteiger charge is -2.28. The molecule has 0 bridgehead atoms. The van der Waals surface area contributed by atoms with Crippen molar-refractivity contribution in [3.8, 4) is 0 Å². The number of benzene rings is 1. The van der Waals surface area contributed by atoms with Gasteiger partial charge in [-0.2, -0.15) is 0 Å². The number of nitro groups is 1. The highest BCUT2D eigenvalue weighted by Crippen LogP contribution is 2.26. The van der Waals surface area contributed by atoms with E-state index >= 15 is 0 Å². The summed E-state index contributed by atoms with van der Waals surface area (Å²) in [5.74, 6) is 0. The zero-order chi connectivity index (χ0) is 13.8. The molecule has 0 aromatic heterocycles. The topological polar surface area (TPSA) is 78.4 Å². The van der Waals surface area contributed by atoms with Crippen LogP contribution in [0, 0.1) is 10.1 Å². The molecule has 0 radical (unpaired) electrons. The Morgan fingerprint density at radius 3 is 2.84 bits per heavy atom. The van der Waals surface area contributed by atoms with Gasteiger partial charge in [0.25, 0.3) is 5.69 Å². The lowest BCUT2D eigenvalue weighted by molar-refractivity contribution is -0.386. The van der Waals surface area contributed by atoms with Crippen LogP contribution in [0.25, 0.3) is 0 Å². The van der Waals surface area contributed by atoms with E-state index in [-0.39, 0.29) is 24.4 Å². The summed E-state index contributed by atoms with van der Waals surface area (Å²) in [7, 11) is 0. The van der Waals surface area contributed by atoms with Crippen LogP contribution in [0.3, 0.4) is 0 Å². The number of nitro benzene ring substituents is 1. The van der Waals surface area contributed by atoms with Crippen LogP contribution in [-0.2, 0) is 11.3 Å². The summed E-state index contributed by atoms with van der Waals surface area (Å²) in [5.41, 5.74) is 6.52. The molecule has 0 heterocycles. The molecule has 1 aliphatic carbocycles. The molecular formula is C13H17ClN2O3. The van der Waals surface area contributed by atoms with Gasteiger partial charge in [-0.3, -0.25) is 10.1 Å². The van der Waals surface area contributed by atoms with Crippen LogP contribution in [0.1, 0.15) is 31.2 Å². The van der Waals surface area contributed by atoms with E-state index in [2.05, 4.69) is 0 Å². The maximum Gasteiger partial charge on any atom is 0.275 e. The Morgan fingerprint density at radius 2 is 2.16 bits per heavy atom. The molecule has 2 atom stereocenters. The molecule has 0 aliphatic heterocycles. The van der Waals surface area contributed by atoms with E-state index < -0.39 is 4.92 Å². The van der Waals surface area contributed by atoms with Crippen molar-refractivity contribution in [1.29, 1.82) is 0 Å². The molecule has 2 rings (SSSR count). The molecule has 1 aliphatic rings. The molecule has 1 aromatic carbocycles. The first-order valence-corrected chi connectivity index (χ1v) is 6.75. The molecule has 0 spiro atoms. The van der Waals surface area contributed by atoms with Crippen LogP contribution in [0.4, 0.5) is 5.69 Å². The average Bonchev–Trinajstić information content (AvgIpc) is 2.37. The molecular weight excluding hydrogens is 268 g/mol. The summed E-state index contributed by atoms with van der Waals surface area (Å²) < 4.78 is 5.74. The Bertz CT molecular complexity index is 467. The monoisotopic (exact) mass is 284 g/mol. The van der Waals surface area contributed by atoms with Crippen LogP contribution < -0.4 is 5.73 Å². The van der Waals surface area contributed by atoms with E-state index in [0.29, 0.717) is 10.6 Å². The fraction of sp³-hybridized carbons (Fsp3) is 0.538. The first-order valence-electron chi connectivity index (χ1n) is 6.38. The van der Waals surface area contributed by atoms with Crippen molar-refractivity contribution in [3.63, 3.8) is 0 Å². The third-order valence-corrected chi connectivity index (χ3v) is 3.68. The summed E-state index contributed by atoms with van der Waals surface area (Å²) in [6, 6.07) is 4.51. The van der Waals surface area contributed by atoms with Gasteiger partial charge in [-0.1, -0.05) is 24.4 Å². The number of hydrogen-bond donors (Lipinski definition) is 1. The quantitative estimate of drug-likeness (QED) is 0.681. The number of nitrogens with two attached hydrogens (primary N) is 1. The smallest absolute Gasteiger partial charge is 0.275 e. The zero-order valence-electron chi connectivity index (χ0n) is 10.5. The second-order valence-corrected chi connectivity index (χ2v) is 5.26.